The van der Waals surface area contributed by atoms with Gasteiger partial charge in [0.15, 0.2) is 0 Å². The molecule has 7 N–H and O–H groups in total. The molecule has 6 aliphatic heterocycles. The van der Waals surface area contributed by atoms with Gasteiger partial charge < -0.3 is 69.4 Å². The van der Waals surface area contributed by atoms with Crippen LogP contribution in [0.3, 0.4) is 0 Å². The van der Waals surface area contributed by atoms with Crippen molar-refractivity contribution in [1.82, 2.24) is 35.1 Å². The number of carboxylic acid groups (broad SMARTS) is 1. The minimum absolute atomic E-state index is 0.00539. The molecule has 0 spiro atoms. The summed E-state index contributed by atoms with van der Waals surface area (Å²) in [7, 11) is 0.498. The molecule has 0 bridgehead atoms. The van der Waals surface area contributed by atoms with Gasteiger partial charge in [-0.2, -0.15) is 0 Å². The molecule has 11 rings (SSSR count). The number of aryl methyl sites for hydroxylation is 2. The Balaban J connectivity index is 0.540. The molecule has 1 fully saturated rings. The number of nitrogens with one attached hydrogen (secondary N) is 3. The highest BCUT2D eigenvalue weighted by atomic mass is 33.1. The summed E-state index contributed by atoms with van der Waals surface area (Å²) in [6.07, 6.45) is 12.0. The maximum Gasteiger partial charge on any atom is 0.694 e. The first-order chi connectivity index (χ1) is 44.7. The van der Waals surface area contributed by atoms with E-state index < -0.39 is 26.4 Å². The number of fused-ring (bicyclic) bond motifs is 5. The van der Waals surface area contributed by atoms with E-state index in [9.17, 15) is 28.8 Å². The average molecular weight is 1320 g/mol. The number of nitrogens with two attached hydrogens (primary N) is 1. The van der Waals surface area contributed by atoms with Gasteiger partial charge in [0.25, 0.3) is 5.91 Å². The first kappa shape index (κ1) is 66.4. The number of rotatable bonds is 29. The molecule has 1 unspecified atom stereocenters. The summed E-state index contributed by atoms with van der Waals surface area (Å²) in [5.74, 6) is 6.94. The van der Waals surface area contributed by atoms with E-state index in [2.05, 4.69) is 73.2 Å². The summed E-state index contributed by atoms with van der Waals surface area (Å²) in [5, 5.41) is 21.8. The largest absolute Gasteiger partial charge is 0.694 e. The Morgan fingerprint density at radius 3 is 2.41 bits per heavy atom. The molecule has 92 heavy (non-hydrogen) atoms. The van der Waals surface area contributed by atoms with Crippen LogP contribution in [0.25, 0.3) is 16.6 Å². The predicted molar refractivity (Wildman–Crippen MR) is 348 cm³/mol. The van der Waals surface area contributed by atoms with E-state index in [1.807, 2.05) is 10.8 Å². The van der Waals surface area contributed by atoms with Crippen molar-refractivity contribution in [3.63, 3.8) is 0 Å². The number of benzene rings is 3. The summed E-state index contributed by atoms with van der Waals surface area (Å²) in [6.45, 7) is 11.1. The molecule has 0 aliphatic carbocycles. The molecule has 3 amide bonds. The lowest BCUT2D eigenvalue weighted by molar-refractivity contribution is 0.0486. The molecule has 490 valence electrons. The SMILES string of the molecule is CC(C)(CCOC(=O)NCCOCCOCCNC(=O)c1ccc(C(=O)O)c(C2=c3cc4c5c(c3Oc3c2cc2c6c3CCCN6CCC2)CCC[N+]=5CCC4)c1)SSCOCCCCOC(=O)NCC#Cc1cn([C@@H]2CO[C@H](CO[P+](=O)O)C2)c2ncnc(N)c12. The van der Waals surface area contributed by atoms with E-state index >= 15 is 0 Å². The number of amides is 3. The van der Waals surface area contributed by atoms with E-state index in [1.54, 1.807) is 39.8 Å². The second kappa shape index (κ2) is 31.3. The molecule has 27 heteroatoms. The number of carbonyl (C=O) groups is 4. The van der Waals surface area contributed by atoms with Crippen molar-refractivity contribution < 1.29 is 71.4 Å². The molecule has 3 atom stereocenters. The van der Waals surface area contributed by atoms with Crippen LogP contribution in [0.2, 0.25) is 0 Å². The van der Waals surface area contributed by atoms with Crippen LogP contribution in [0.4, 0.5) is 21.1 Å². The lowest BCUT2D eigenvalue weighted by atomic mass is 9.81. The highest BCUT2D eigenvalue weighted by Crippen LogP contribution is 2.49. The van der Waals surface area contributed by atoms with Crippen LogP contribution in [0.1, 0.15) is 131 Å². The van der Waals surface area contributed by atoms with E-state index in [4.69, 9.17) is 48.3 Å². The summed E-state index contributed by atoms with van der Waals surface area (Å²) >= 11 is 0. The van der Waals surface area contributed by atoms with Gasteiger partial charge in [-0.3, -0.25) is 4.79 Å². The number of ether oxygens (including phenoxy) is 7. The molecule has 3 aromatic carbocycles. The summed E-state index contributed by atoms with van der Waals surface area (Å²) in [6, 6.07) is 9.23. The van der Waals surface area contributed by atoms with Gasteiger partial charge in [-0.25, -0.2) is 28.9 Å². The second-order valence-electron chi connectivity index (χ2n) is 24.0. The van der Waals surface area contributed by atoms with E-state index in [-0.39, 0.29) is 100 Å². The molecular weight excluding hydrogens is 1240 g/mol. The van der Waals surface area contributed by atoms with Crippen LogP contribution < -0.4 is 46.5 Å². The van der Waals surface area contributed by atoms with E-state index in [0.717, 1.165) is 105 Å². The maximum absolute atomic E-state index is 13.9. The van der Waals surface area contributed by atoms with Crippen molar-refractivity contribution in [3.05, 3.63) is 104 Å². The zero-order valence-corrected chi connectivity index (χ0v) is 54.5. The number of alkyl carbamates (subject to hydrolysis) is 2. The molecule has 0 radical (unpaired) electrons. The van der Waals surface area contributed by atoms with Crippen molar-refractivity contribution in [2.24, 2.45) is 0 Å². The van der Waals surface area contributed by atoms with Gasteiger partial charge in [0.05, 0.1) is 87.0 Å². The van der Waals surface area contributed by atoms with Gasteiger partial charge in [0.1, 0.15) is 54.9 Å². The second-order valence-corrected chi connectivity index (χ2v) is 27.7. The van der Waals surface area contributed by atoms with Crippen molar-refractivity contribution in [2.45, 2.75) is 108 Å². The van der Waals surface area contributed by atoms with Gasteiger partial charge in [0.2, 0.25) is 5.36 Å². The number of hydrogen-bond donors (Lipinski definition) is 6. The zero-order chi connectivity index (χ0) is 64.1. The highest BCUT2D eigenvalue weighted by molar-refractivity contribution is 8.77. The normalized spacial score (nSPS) is 17.1. The summed E-state index contributed by atoms with van der Waals surface area (Å²) in [5.41, 5.74) is 16.3. The van der Waals surface area contributed by atoms with Crippen LogP contribution in [-0.4, -0.2) is 171 Å². The summed E-state index contributed by atoms with van der Waals surface area (Å²) in [4.78, 5) is 71.7. The topological polar surface area (TPSA) is 299 Å². The Kier molecular flexibility index (Phi) is 22.6. The Hall–Kier alpha value is -7.05. The highest BCUT2D eigenvalue weighted by Gasteiger charge is 2.38. The molecule has 0 saturated carbocycles. The zero-order valence-electron chi connectivity index (χ0n) is 52.0. The van der Waals surface area contributed by atoms with Crippen LogP contribution in [0, 0.1) is 11.8 Å². The van der Waals surface area contributed by atoms with Crippen LogP contribution >= 0.6 is 29.8 Å². The van der Waals surface area contributed by atoms with E-state index in [0.29, 0.717) is 72.6 Å². The standard InChI is InChI=1S/C65H78N9O15PS2/c1-65(2,92-91-40-84-25-3-4-26-85-63(78)68-18-5-10-44-36-74(60-53(44)59(66)70-39-71-60)45-35-46(87-37-45)38-88-90(80)81)17-27-86-64(79)69-20-29-83-31-30-82-28-19-67-61(75)43-15-16-47(62(76)77)50(34-43)54-51-32-41-11-6-21-72-23-8-13-48(55(41)72)57(51)89-58-49-14-9-24-73-22-7-12-42(56(49)73)33-52(54)58/h15-16,32-34,36,39,45-46H,3-4,6-9,11-14,17-31,35,37-38,40H2,1-2H3,(H5-2,66,67,68,69,70,71,75,76,77,78,79,80,81)/p+2/t45-,46-/m0/s1. The van der Waals surface area contributed by atoms with Gasteiger partial charge in [0, 0.05) is 99.9 Å². The van der Waals surface area contributed by atoms with Gasteiger partial charge >= 0.3 is 26.4 Å². The maximum atomic E-state index is 13.9. The lowest BCUT2D eigenvalue weighted by Crippen LogP contribution is -2.45. The van der Waals surface area contributed by atoms with Gasteiger partial charge in [-0.15, -0.1) is 9.42 Å². The molecule has 8 heterocycles. The summed E-state index contributed by atoms with van der Waals surface area (Å²) < 4.78 is 60.8. The van der Waals surface area contributed by atoms with Crippen LogP contribution in [-0.2, 0) is 63.2 Å². The average Bonchev–Trinajstić information content (AvgIpc) is 0.837. The lowest BCUT2D eigenvalue weighted by Gasteiger charge is -2.39. The fraction of sp³-hybridized carbons (Fsp3) is 0.523. The number of nitrogens with zero attached hydrogens (tertiary/aromatic N) is 5. The number of unbranched alkanes of at least 4 members (excludes halogenated alkanes) is 1. The smallest absolute Gasteiger partial charge is 0.478 e. The number of aromatic carboxylic acids is 1. The molecule has 2 aromatic heterocycles. The first-order valence-corrected chi connectivity index (χ1v) is 35.1. The minimum Gasteiger partial charge on any atom is -0.478 e. The monoisotopic (exact) mass is 1320 g/mol. The van der Waals surface area contributed by atoms with E-state index in [1.165, 1.54) is 39.6 Å². The van der Waals surface area contributed by atoms with Crippen LogP contribution in [0.15, 0.2) is 42.9 Å². The molecule has 6 aliphatic rings. The number of nitrogen functional groups attached to an aromatic ring is 1. The number of hydrogen-bond acceptors (Lipinski definition) is 19. The molecular formula is C65H80N9O15PS2+2. The Morgan fingerprint density at radius 1 is 0.848 bits per heavy atom. The molecule has 1 saturated heterocycles. The van der Waals surface area contributed by atoms with Crippen molar-refractivity contribution in [2.75, 3.05) is 122 Å². The molecule has 24 nitrogen and oxygen atoms in total. The first-order valence-electron chi connectivity index (χ1n) is 31.7. The van der Waals surface area contributed by atoms with Crippen LogP contribution in [0.5, 0.6) is 11.5 Å². The number of carbonyl (C=O) groups excluding carboxylic acids is 3. The Bertz CT molecular complexity index is 3790. The van der Waals surface area contributed by atoms with Crippen molar-refractivity contribution >= 4 is 82.0 Å². The minimum atomic E-state index is -2.72. The van der Waals surface area contributed by atoms with Crippen molar-refractivity contribution in [3.8, 4) is 23.3 Å². The quantitative estimate of drug-likeness (QED) is 0.00709. The number of aromatic nitrogens is 3. The number of carboxylic acids is 1. The Morgan fingerprint density at radius 2 is 1.60 bits per heavy atom. The van der Waals surface area contributed by atoms with Crippen molar-refractivity contribution in [1.29, 1.82) is 0 Å². The number of anilines is 2. The fourth-order valence-electron chi connectivity index (χ4n) is 12.9. The predicted octanol–water partition coefficient (Wildman–Crippen LogP) is 6.71. The van der Waals surface area contributed by atoms with Gasteiger partial charge in [-0.1, -0.05) is 33.4 Å². The fourth-order valence-corrected chi connectivity index (χ4v) is 15.5. The third-order valence-corrected chi connectivity index (χ3v) is 20.6. The third-order valence-electron chi connectivity index (χ3n) is 17.2. The van der Waals surface area contributed by atoms with Gasteiger partial charge in [-0.05, 0) is 120 Å². The Labute approximate surface area is 542 Å². The third kappa shape index (κ3) is 16.1. The molecule has 5 aromatic rings.